The van der Waals surface area contributed by atoms with Crippen LogP contribution in [0, 0.1) is 11.3 Å². The SMILES string of the molecule is CCc1nn2c(C#N)c(-c3cccc(OC)c3)nc2s1. The minimum atomic E-state index is 0.462. The zero-order valence-corrected chi connectivity index (χ0v) is 11.9. The fourth-order valence-electron chi connectivity index (χ4n) is 2.00. The number of benzene rings is 1. The number of rotatable bonds is 3. The van der Waals surface area contributed by atoms with E-state index in [0.717, 1.165) is 27.7 Å². The van der Waals surface area contributed by atoms with Gasteiger partial charge in [0.25, 0.3) is 0 Å². The average Bonchev–Trinajstić information content (AvgIpc) is 3.03. The number of fused-ring (bicyclic) bond motifs is 1. The predicted octanol–water partition coefficient (Wildman–Crippen LogP) is 2.90. The van der Waals surface area contributed by atoms with Gasteiger partial charge in [-0.25, -0.2) is 4.98 Å². The summed E-state index contributed by atoms with van der Waals surface area (Å²) in [5.41, 5.74) is 1.97. The monoisotopic (exact) mass is 284 g/mol. The van der Waals surface area contributed by atoms with Crippen LogP contribution in [0.5, 0.6) is 5.75 Å². The molecule has 0 saturated heterocycles. The van der Waals surface area contributed by atoms with E-state index in [1.54, 1.807) is 11.6 Å². The fourth-order valence-corrected chi connectivity index (χ4v) is 2.84. The summed E-state index contributed by atoms with van der Waals surface area (Å²) in [4.78, 5) is 5.29. The third kappa shape index (κ3) is 1.92. The van der Waals surface area contributed by atoms with Gasteiger partial charge in [-0.2, -0.15) is 14.9 Å². The molecule has 0 atom stereocenters. The Balaban J connectivity index is 2.20. The molecule has 3 rings (SSSR count). The van der Waals surface area contributed by atoms with Gasteiger partial charge in [0.05, 0.1) is 7.11 Å². The number of aromatic nitrogens is 3. The quantitative estimate of drug-likeness (QED) is 0.742. The molecule has 5 nitrogen and oxygen atoms in total. The molecule has 0 unspecified atom stereocenters. The summed E-state index contributed by atoms with van der Waals surface area (Å²) in [7, 11) is 1.62. The summed E-state index contributed by atoms with van der Waals surface area (Å²) in [6.45, 7) is 2.04. The molecule has 0 spiro atoms. The zero-order chi connectivity index (χ0) is 14.1. The highest BCUT2D eigenvalue weighted by atomic mass is 32.1. The van der Waals surface area contributed by atoms with Gasteiger partial charge >= 0.3 is 0 Å². The highest BCUT2D eigenvalue weighted by Gasteiger charge is 2.17. The molecule has 0 bridgehead atoms. The second kappa shape index (κ2) is 4.94. The van der Waals surface area contributed by atoms with Crippen LogP contribution in [-0.4, -0.2) is 21.7 Å². The molecular weight excluding hydrogens is 272 g/mol. The fraction of sp³-hybridized carbons (Fsp3) is 0.214. The van der Waals surface area contributed by atoms with Crippen LogP contribution in [0.2, 0.25) is 0 Å². The number of hydrogen-bond acceptors (Lipinski definition) is 5. The summed E-state index contributed by atoms with van der Waals surface area (Å²) in [5.74, 6) is 0.741. The Morgan fingerprint density at radius 1 is 1.45 bits per heavy atom. The molecule has 3 aromatic rings. The number of nitrogens with zero attached hydrogens (tertiary/aromatic N) is 4. The Labute approximate surface area is 120 Å². The summed E-state index contributed by atoms with van der Waals surface area (Å²) in [6.07, 6.45) is 0.841. The van der Waals surface area contributed by atoms with Crippen LogP contribution < -0.4 is 4.74 Å². The molecule has 0 amide bonds. The lowest BCUT2D eigenvalue weighted by atomic mass is 10.1. The lowest BCUT2D eigenvalue weighted by molar-refractivity contribution is 0.415. The largest absolute Gasteiger partial charge is 0.497 e. The molecule has 1 aromatic carbocycles. The molecule has 0 saturated carbocycles. The van der Waals surface area contributed by atoms with Gasteiger partial charge in [-0.05, 0) is 18.6 Å². The minimum absolute atomic E-state index is 0.462. The molecule has 0 radical (unpaired) electrons. The van der Waals surface area contributed by atoms with Crippen LogP contribution >= 0.6 is 11.3 Å². The van der Waals surface area contributed by atoms with Crippen LogP contribution in [0.25, 0.3) is 16.2 Å². The summed E-state index contributed by atoms with van der Waals surface area (Å²) < 4.78 is 6.83. The molecule has 0 N–H and O–H groups in total. The molecule has 2 aromatic heterocycles. The second-order valence-electron chi connectivity index (χ2n) is 4.20. The molecule has 0 fully saturated rings. The second-order valence-corrected chi connectivity index (χ2v) is 5.24. The molecule has 0 aliphatic heterocycles. The van der Waals surface area contributed by atoms with E-state index in [9.17, 15) is 5.26 Å². The number of imidazole rings is 1. The first-order valence-corrected chi connectivity index (χ1v) is 7.01. The molecule has 100 valence electrons. The molecule has 6 heteroatoms. The van der Waals surface area contributed by atoms with E-state index in [4.69, 9.17) is 4.74 Å². The van der Waals surface area contributed by atoms with E-state index in [0.29, 0.717) is 11.4 Å². The van der Waals surface area contributed by atoms with Gasteiger partial charge in [0.15, 0.2) is 5.69 Å². The maximum Gasteiger partial charge on any atom is 0.214 e. The Morgan fingerprint density at radius 2 is 2.30 bits per heavy atom. The van der Waals surface area contributed by atoms with Crippen molar-refractivity contribution < 1.29 is 4.74 Å². The van der Waals surface area contributed by atoms with Crippen LogP contribution in [0.15, 0.2) is 24.3 Å². The van der Waals surface area contributed by atoms with Crippen molar-refractivity contribution in [2.24, 2.45) is 0 Å². The standard InChI is InChI=1S/C14H12N4OS/c1-3-12-17-18-11(8-15)13(16-14(18)20-12)9-5-4-6-10(7-9)19-2/h4-7H,3H2,1-2H3. The van der Waals surface area contributed by atoms with Crippen molar-refractivity contribution in [2.45, 2.75) is 13.3 Å². The molecule has 0 aliphatic rings. The van der Waals surface area contributed by atoms with E-state index in [2.05, 4.69) is 16.2 Å². The molecule has 2 heterocycles. The Morgan fingerprint density at radius 3 is 3.00 bits per heavy atom. The summed E-state index contributed by atoms with van der Waals surface area (Å²) in [5, 5.41) is 14.8. The maximum absolute atomic E-state index is 9.40. The van der Waals surface area contributed by atoms with Gasteiger partial charge in [-0.15, -0.1) is 0 Å². The van der Waals surface area contributed by atoms with E-state index >= 15 is 0 Å². The lowest BCUT2D eigenvalue weighted by Gasteiger charge is -2.02. The third-order valence-corrected chi connectivity index (χ3v) is 4.05. The van der Waals surface area contributed by atoms with Gasteiger partial charge in [0, 0.05) is 5.56 Å². The van der Waals surface area contributed by atoms with Gasteiger partial charge in [0.2, 0.25) is 4.96 Å². The Hall–Kier alpha value is -2.39. The number of ether oxygens (including phenoxy) is 1. The number of hydrogen-bond donors (Lipinski definition) is 0. The molecule has 0 aliphatic carbocycles. The predicted molar refractivity (Wildman–Crippen MR) is 76.9 cm³/mol. The Kier molecular flexibility index (Phi) is 3.12. The van der Waals surface area contributed by atoms with Crippen molar-refractivity contribution in [1.29, 1.82) is 5.26 Å². The van der Waals surface area contributed by atoms with Crippen LogP contribution in [-0.2, 0) is 6.42 Å². The number of nitriles is 1. The van der Waals surface area contributed by atoms with Gasteiger partial charge in [-0.3, -0.25) is 0 Å². The molecular formula is C14H12N4OS. The first-order chi connectivity index (χ1) is 9.76. The van der Waals surface area contributed by atoms with Crippen molar-refractivity contribution in [2.75, 3.05) is 7.11 Å². The average molecular weight is 284 g/mol. The first kappa shape index (κ1) is 12.6. The van der Waals surface area contributed by atoms with Crippen LogP contribution in [0.1, 0.15) is 17.6 Å². The van der Waals surface area contributed by atoms with Gasteiger partial charge in [0.1, 0.15) is 22.5 Å². The van der Waals surface area contributed by atoms with Gasteiger partial charge in [-0.1, -0.05) is 30.4 Å². The number of aryl methyl sites for hydroxylation is 1. The van der Waals surface area contributed by atoms with Crippen molar-refractivity contribution in [3.05, 3.63) is 35.0 Å². The topological polar surface area (TPSA) is 63.2 Å². The van der Waals surface area contributed by atoms with Crippen LogP contribution in [0.3, 0.4) is 0 Å². The van der Waals surface area contributed by atoms with E-state index < -0.39 is 0 Å². The Bertz CT molecular complexity index is 812. The van der Waals surface area contributed by atoms with E-state index in [1.807, 2.05) is 31.2 Å². The highest BCUT2D eigenvalue weighted by Crippen LogP contribution is 2.28. The summed E-state index contributed by atoms with van der Waals surface area (Å²) in [6, 6.07) is 9.72. The normalized spacial score (nSPS) is 10.7. The van der Waals surface area contributed by atoms with E-state index in [-0.39, 0.29) is 0 Å². The first-order valence-electron chi connectivity index (χ1n) is 6.19. The zero-order valence-electron chi connectivity index (χ0n) is 11.1. The maximum atomic E-state index is 9.40. The van der Waals surface area contributed by atoms with Crippen molar-refractivity contribution >= 4 is 16.3 Å². The van der Waals surface area contributed by atoms with Crippen molar-refractivity contribution in [1.82, 2.24) is 14.6 Å². The van der Waals surface area contributed by atoms with Crippen molar-refractivity contribution in [3.8, 4) is 23.1 Å². The third-order valence-electron chi connectivity index (χ3n) is 3.00. The van der Waals surface area contributed by atoms with E-state index in [1.165, 1.54) is 11.3 Å². The lowest BCUT2D eigenvalue weighted by Crippen LogP contribution is -1.92. The van der Waals surface area contributed by atoms with Crippen LogP contribution in [0.4, 0.5) is 0 Å². The number of methoxy groups -OCH3 is 1. The molecule has 20 heavy (non-hydrogen) atoms. The van der Waals surface area contributed by atoms with Crippen molar-refractivity contribution in [3.63, 3.8) is 0 Å². The summed E-state index contributed by atoms with van der Waals surface area (Å²) >= 11 is 1.51. The highest BCUT2D eigenvalue weighted by molar-refractivity contribution is 7.16. The smallest absolute Gasteiger partial charge is 0.214 e. The minimum Gasteiger partial charge on any atom is -0.497 e. The van der Waals surface area contributed by atoms with Gasteiger partial charge < -0.3 is 4.74 Å².